The summed E-state index contributed by atoms with van der Waals surface area (Å²) >= 11 is 0. The van der Waals surface area contributed by atoms with Gasteiger partial charge in [0.25, 0.3) is 0 Å². The molecule has 86 valence electrons. The molecule has 0 aromatic carbocycles. The van der Waals surface area contributed by atoms with Crippen LogP contribution in [0.2, 0.25) is 0 Å². The second-order valence-corrected chi connectivity index (χ2v) is 3.83. The standard InChI is InChI=1S/C8H11B5N2O3/c1-10-11-6(12-13-9)8(18)14-4-2-3-5(16)15-7(4)17/h4H,1-3,9H2,(H,14,18)(H,15,16,17). The van der Waals surface area contributed by atoms with Crippen molar-refractivity contribution < 1.29 is 14.4 Å². The van der Waals surface area contributed by atoms with Crippen LogP contribution in [-0.2, 0) is 14.4 Å². The number of piperidine rings is 1. The van der Waals surface area contributed by atoms with Crippen LogP contribution in [-0.4, -0.2) is 70.5 Å². The Labute approximate surface area is 109 Å². The fourth-order valence-electron chi connectivity index (χ4n) is 1.59. The number of rotatable bonds is 4. The maximum atomic E-state index is 11.9. The molecule has 1 rings (SSSR count). The van der Waals surface area contributed by atoms with Crippen LogP contribution >= 0.6 is 0 Å². The van der Waals surface area contributed by atoms with Crippen LogP contribution < -0.4 is 10.6 Å². The van der Waals surface area contributed by atoms with Gasteiger partial charge < -0.3 is 0 Å². The van der Waals surface area contributed by atoms with Crippen LogP contribution in [0, 0.1) is 0 Å². The van der Waals surface area contributed by atoms with E-state index in [9.17, 15) is 14.4 Å². The van der Waals surface area contributed by atoms with E-state index in [0.29, 0.717) is 11.8 Å². The summed E-state index contributed by atoms with van der Waals surface area (Å²) in [6, 6.07) is -0.659. The van der Waals surface area contributed by atoms with Gasteiger partial charge in [0.2, 0.25) is 0 Å². The summed E-state index contributed by atoms with van der Waals surface area (Å²) in [7, 11) is 1.79. The molecule has 2 N–H and O–H groups in total. The number of carbonyl (C=O) groups is 3. The molecular weight excluding hydrogens is 226 g/mol. The first kappa shape index (κ1) is 14.7. The van der Waals surface area contributed by atoms with Gasteiger partial charge in [-0.3, -0.25) is 0 Å². The molecule has 1 heterocycles. The van der Waals surface area contributed by atoms with Crippen molar-refractivity contribution in [2.24, 2.45) is 0 Å². The van der Waals surface area contributed by atoms with Crippen LogP contribution in [0.25, 0.3) is 0 Å². The third-order valence-corrected chi connectivity index (χ3v) is 2.45. The summed E-state index contributed by atoms with van der Waals surface area (Å²) in [6.07, 6.45) is 0.564. The molecule has 0 aromatic rings. The first-order valence-corrected chi connectivity index (χ1v) is 5.68. The monoisotopic (exact) mass is 238 g/mol. The zero-order chi connectivity index (χ0) is 13.5. The van der Waals surface area contributed by atoms with Crippen molar-refractivity contribution in [1.29, 1.82) is 0 Å². The summed E-state index contributed by atoms with van der Waals surface area (Å²) in [4.78, 5) is 34.3. The van der Waals surface area contributed by atoms with Gasteiger partial charge in [-0.15, -0.1) is 0 Å². The van der Waals surface area contributed by atoms with Gasteiger partial charge in [-0.2, -0.15) is 0 Å². The quantitative estimate of drug-likeness (QED) is 0.383. The van der Waals surface area contributed by atoms with E-state index in [1.54, 1.807) is 28.0 Å². The van der Waals surface area contributed by atoms with E-state index in [1.165, 1.54) is 6.81 Å². The fraction of sp³-hybridized carbons (Fsp3) is 0.375. The van der Waals surface area contributed by atoms with E-state index in [-0.39, 0.29) is 18.2 Å². The number of hydrogen-bond acceptors (Lipinski definition) is 3. The molecule has 1 unspecified atom stereocenters. The van der Waals surface area contributed by atoms with Gasteiger partial charge in [0.1, 0.15) is 0 Å². The maximum absolute atomic E-state index is 11.9. The minimum absolute atomic E-state index is 0.237. The number of imide groups is 1. The molecule has 10 heteroatoms. The Kier molecular flexibility index (Phi) is 5.88. The second-order valence-electron chi connectivity index (χ2n) is 3.83. The Morgan fingerprint density at radius 2 is 2.22 bits per heavy atom. The van der Waals surface area contributed by atoms with Crippen molar-refractivity contribution in [2.45, 2.75) is 18.9 Å². The Hall–Kier alpha value is -1.33. The molecule has 1 fully saturated rings. The molecule has 0 saturated carbocycles. The topological polar surface area (TPSA) is 75.3 Å². The molecule has 0 bridgehead atoms. The molecule has 5 nitrogen and oxygen atoms in total. The van der Waals surface area contributed by atoms with Gasteiger partial charge in [0.15, 0.2) is 0 Å². The molecule has 0 spiro atoms. The summed E-state index contributed by atoms with van der Waals surface area (Å²) < 4.78 is 0. The molecule has 0 aliphatic carbocycles. The van der Waals surface area contributed by atoms with E-state index in [1.807, 2.05) is 0 Å². The zero-order valence-corrected chi connectivity index (χ0v) is 10.2. The Morgan fingerprint density at radius 3 is 2.78 bits per heavy atom. The molecule has 1 aliphatic heterocycles. The second kappa shape index (κ2) is 7.19. The molecule has 1 atom stereocenters. The minimum atomic E-state index is -0.659. The normalized spacial score (nSPS) is 19.1. The SMILES string of the molecule is B/B=B\C(=B/B=C)C(=O)NC1CCC(=O)NC1=O. The molecule has 1 saturated heterocycles. The van der Waals surface area contributed by atoms with Crippen LogP contribution in [0.1, 0.15) is 12.8 Å². The number of carbonyl (C=O) groups excluding carboxylic acids is 3. The molecule has 1 aliphatic rings. The van der Waals surface area contributed by atoms with Crippen LogP contribution in [0.3, 0.4) is 0 Å². The summed E-state index contributed by atoms with van der Waals surface area (Å²) in [5, 5.41) is 5.19. The van der Waals surface area contributed by atoms with Gasteiger partial charge >= 0.3 is 108 Å². The summed E-state index contributed by atoms with van der Waals surface area (Å²) in [5.41, 5.74) is 0. The van der Waals surface area contributed by atoms with E-state index >= 15 is 0 Å². The van der Waals surface area contributed by atoms with E-state index in [4.69, 9.17) is 0 Å². The number of nitrogens with one attached hydrogen (secondary N) is 2. The van der Waals surface area contributed by atoms with Crippen molar-refractivity contribution in [1.82, 2.24) is 10.6 Å². The van der Waals surface area contributed by atoms with Gasteiger partial charge in [-0.1, -0.05) is 0 Å². The van der Waals surface area contributed by atoms with E-state index in [2.05, 4.69) is 17.1 Å². The van der Waals surface area contributed by atoms with Gasteiger partial charge in [0, 0.05) is 0 Å². The fourth-order valence-corrected chi connectivity index (χ4v) is 1.59. The summed E-state index contributed by atoms with van der Waals surface area (Å²) in [6.45, 7) is 9.93. The molecule has 3 amide bonds. The molecule has 18 heavy (non-hydrogen) atoms. The molecule has 0 aromatic heterocycles. The first-order chi connectivity index (χ1) is 8.58. The Balaban J connectivity index is 2.69. The third-order valence-electron chi connectivity index (χ3n) is 2.45. The van der Waals surface area contributed by atoms with Crippen molar-refractivity contribution in [2.75, 3.05) is 0 Å². The van der Waals surface area contributed by atoms with Gasteiger partial charge in [0.05, 0.1) is 0 Å². The first-order valence-electron chi connectivity index (χ1n) is 5.68. The van der Waals surface area contributed by atoms with E-state index in [0.717, 1.165) is 0 Å². The summed E-state index contributed by atoms with van der Waals surface area (Å²) in [5.74, 6) is -1.12. The average Bonchev–Trinajstić information content (AvgIpc) is 2.32. The van der Waals surface area contributed by atoms with Crippen molar-refractivity contribution in [3.05, 3.63) is 0 Å². The Bertz CT molecular complexity index is 448. The average molecular weight is 237 g/mol. The zero-order valence-electron chi connectivity index (χ0n) is 10.2. The van der Waals surface area contributed by atoms with Gasteiger partial charge in [-0.25, -0.2) is 0 Å². The van der Waals surface area contributed by atoms with Crippen LogP contribution in [0.15, 0.2) is 0 Å². The predicted molar refractivity (Wildman–Crippen MR) is 78.0 cm³/mol. The van der Waals surface area contributed by atoms with Gasteiger partial charge in [-0.05, 0) is 0 Å². The predicted octanol–water partition coefficient (Wildman–Crippen LogP) is -4.34. The van der Waals surface area contributed by atoms with Crippen molar-refractivity contribution in [3.8, 4) is 0 Å². The number of hydrogen-bond donors (Lipinski definition) is 2. The Morgan fingerprint density at radius 1 is 1.50 bits per heavy atom. The van der Waals surface area contributed by atoms with Crippen LogP contribution in [0.4, 0.5) is 0 Å². The van der Waals surface area contributed by atoms with Crippen molar-refractivity contribution >= 4 is 64.4 Å². The van der Waals surface area contributed by atoms with E-state index < -0.39 is 11.9 Å². The molecular formula is C8H11B5N2O3. The molecule has 0 radical (unpaired) electrons. The van der Waals surface area contributed by atoms with Crippen molar-refractivity contribution in [3.63, 3.8) is 0 Å². The number of amides is 3. The third kappa shape index (κ3) is 4.16. The van der Waals surface area contributed by atoms with Crippen LogP contribution in [0.5, 0.6) is 0 Å².